The van der Waals surface area contributed by atoms with Gasteiger partial charge in [-0.3, -0.25) is 4.79 Å². The zero-order valence-electron chi connectivity index (χ0n) is 10.0. The molecule has 0 bridgehead atoms. The summed E-state index contributed by atoms with van der Waals surface area (Å²) in [6.45, 7) is 3.77. The molecule has 0 aliphatic carbocycles. The highest BCUT2D eigenvalue weighted by atomic mass is 16.6. The number of cyclic esters (lactones) is 1. The molecule has 1 fully saturated rings. The maximum atomic E-state index is 11.8. The van der Waals surface area contributed by atoms with Gasteiger partial charge in [-0.25, -0.2) is 9.69 Å². The minimum absolute atomic E-state index is 0.153. The zero-order chi connectivity index (χ0) is 13.0. The number of carbonyl (C=O) groups is 2. The molecule has 1 aromatic carbocycles. The molecule has 2 amide bonds. The van der Waals surface area contributed by atoms with Crippen molar-refractivity contribution < 1.29 is 14.3 Å². The third-order valence-corrected chi connectivity index (χ3v) is 2.86. The first-order valence-electron chi connectivity index (χ1n) is 5.86. The predicted molar refractivity (Wildman–Crippen MR) is 66.9 cm³/mol. The molecule has 1 aliphatic rings. The van der Waals surface area contributed by atoms with Crippen LogP contribution in [-0.4, -0.2) is 29.5 Å². The van der Waals surface area contributed by atoms with Crippen molar-refractivity contribution in [1.82, 2.24) is 4.90 Å². The van der Waals surface area contributed by atoms with Crippen LogP contribution in [0.4, 0.5) is 4.79 Å². The molecule has 94 valence electrons. The lowest BCUT2D eigenvalue weighted by atomic mass is 10.1. The fraction of sp³-hybridized carbons (Fsp3) is 0.286. The number of amides is 2. The van der Waals surface area contributed by atoms with Gasteiger partial charge in [-0.05, 0) is 12.0 Å². The normalized spacial score (nSPS) is 18.6. The van der Waals surface area contributed by atoms with E-state index in [-0.39, 0.29) is 25.0 Å². The first-order valence-corrected chi connectivity index (χ1v) is 5.86. The Balaban J connectivity index is 2.09. The Bertz CT molecular complexity index is 455. The third-order valence-electron chi connectivity index (χ3n) is 2.86. The number of nitrogens with zero attached hydrogens (tertiary/aromatic N) is 1. The molecule has 1 atom stereocenters. The van der Waals surface area contributed by atoms with Crippen molar-refractivity contribution in [3.8, 4) is 0 Å². The van der Waals surface area contributed by atoms with Crippen LogP contribution in [0.5, 0.6) is 0 Å². The van der Waals surface area contributed by atoms with Gasteiger partial charge in [-0.1, -0.05) is 36.4 Å². The summed E-state index contributed by atoms with van der Waals surface area (Å²) < 4.78 is 4.95. The number of hydrogen-bond donors (Lipinski definition) is 0. The maximum Gasteiger partial charge on any atom is 0.416 e. The summed E-state index contributed by atoms with van der Waals surface area (Å²) in [6, 6.07) is 9.52. The van der Waals surface area contributed by atoms with Crippen LogP contribution in [0.3, 0.4) is 0 Å². The highest BCUT2D eigenvalue weighted by Crippen LogP contribution is 2.18. The van der Waals surface area contributed by atoms with Gasteiger partial charge >= 0.3 is 6.09 Å². The fourth-order valence-corrected chi connectivity index (χ4v) is 2.02. The van der Waals surface area contributed by atoms with Crippen LogP contribution in [0, 0.1) is 0 Å². The highest BCUT2D eigenvalue weighted by molar-refractivity contribution is 5.94. The van der Waals surface area contributed by atoms with Gasteiger partial charge in [-0.15, -0.1) is 6.58 Å². The second-order valence-electron chi connectivity index (χ2n) is 4.18. The number of rotatable bonds is 4. The van der Waals surface area contributed by atoms with Crippen LogP contribution in [0.25, 0.3) is 0 Å². The van der Waals surface area contributed by atoms with Crippen molar-refractivity contribution in [3.63, 3.8) is 0 Å². The number of ether oxygens (including phenoxy) is 1. The molecule has 4 nitrogen and oxygen atoms in total. The van der Waals surface area contributed by atoms with Gasteiger partial charge in [0, 0.05) is 6.42 Å². The molecular formula is C14H15NO3. The predicted octanol–water partition coefficient (Wildman–Crippen LogP) is 2.15. The van der Waals surface area contributed by atoms with Crippen molar-refractivity contribution in [2.45, 2.75) is 18.9 Å². The first kappa shape index (κ1) is 12.4. The van der Waals surface area contributed by atoms with Crippen LogP contribution in [0.2, 0.25) is 0 Å². The van der Waals surface area contributed by atoms with Crippen LogP contribution in [0.1, 0.15) is 12.0 Å². The van der Waals surface area contributed by atoms with Crippen LogP contribution >= 0.6 is 0 Å². The number of hydrogen-bond acceptors (Lipinski definition) is 3. The van der Waals surface area contributed by atoms with Crippen molar-refractivity contribution >= 4 is 12.0 Å². The third kappa shape index (κ3) is 2.59. The quantitative estimate of drug-likeness (QED) is 0.764. The topological polar surface area (TPSA) is 46.6 Å². The Morgan fingerprint density at radius 1 is 1.44 bits per heavy atom. The average molecular weight is 245 g/mol. The molecule has 0 radical (unpaired) electrons. The van der Waals surface area contributed by atoms with Crippen LogP contribution in [-0.2, 0) is 16.0 Å². The molecule has 0 saturated carbocycles. The molecule has 0 spiro atoms. The zero-order valence-corrected chi connectivity index (χ0v) is 10.0. The lowest BCUT2D eigenvalue weighted by molar-refractivity contribution is -0.128. The first-order chi connectivity index (χ1) is 8.72. The van der Waals surface area contributed by atoms with E-state index < -0.39 is 6.09 Å². The second-order valence-corrected chi connectivity index (χ2v) is 4.18. The van der Waals surface area contributed by atoms with Gasteiger partial charge < -0.3 is 4.74 Å². The fourth-order valence-electron chi connectivity index (χ4n) is 2.02. The Kier molecular flexibility index (Phi) is 3.77. The van der Waals surface area contributed by atoms with E-state index in [1.165, 1.54) is 11.0 Å². The summed E-state index contributed by atoms with van der Waals surface area (Å²) in [5.74, 6) is -0.256. The molecule has 18 heavy (non-hydrogen) atoms. The number of carbonyl (C=O) groups excluding carboxylic acids is 2. The van der Waals surface area contributed by atoms with E-state index in [0.717, 1.165) is 5.56 Å². The Morgan fingerprint density at radius 2 is 2.17 bits per heavy atom. The summed E-state index contributed by atoms with van der Waals surface area (Å²) in [5, 5.41) is 0. The van der Waals surface area contributed by atoms with E-state index in [9.17, 15) is 9.59 Å². The maximum absolute atomic E-state index is 11.8. The number of benzene rings is 1. The Labute approximate surface area is 106 Å². The number of imide groups is 1. The summed E-state index contributed by atoms with van der Waals surface area (Å²) in [6.07, 6.45) is 1.71. The van der Waals surface area contributed by atoms with Gasteiger partial charge in [0.1, 0.15) is 6.61 Å². The molecular weight excluding hydrogens is 230 g/mol. The molecule has 1 saturated heterocycles. The molecule has 0 N–H and O–H groups in total. The summed E-state index contributed by atoms with van der Waals surface area (Å²) >= 11 is 0. The van der Waals surface area contributed by atoms with Gasteiger partial charge in [0.05, 0.1) is 6.04 Å². The largest absolute Gasteiger partial charge is 0.447 e. The summed E-state index contributed by atoms with van der Waals surface area (Å²) in [4.78, 5) is 24.6. The van der Waals surface area contributed by atoms with E-state index in [4.69, 9.17) is 4.74 Å². The Morgan fingerprint density at radius 3 is 2.83 bits per heavy atom. The van der Waals surface area contributed by atoms with E-state index >= 15 is 0 Å². The van der Waals surface area contributed by atoms with Gasteiger partial charge in [0.25, 0.3) is 0 Å². The molecule has 1 heterocycles. The monoisotopic (exact) mass is 245 g/mol. The van der Waals surface area contributed by atoms with E-state index in [2.05, 4.69) is 6.58 Å². The van der Waals surface area contributed by atoms with Gasteiger partial charge in [-0.2, -0.15) is 0 Å². The van der Waals surface area contributed by atoms with Crippen molar-refractivity contribution in [2.24, 2.45) is 0 Å². The van der Waals surface area contributed by atoms with E-state index in [0.29, 0.717) is 6.42 Å². The van der Waals surface area contributed by atoms with Crippen LogP contribution in [0.15, 0.2) is 43.0 Å². The van der Waals surface area contributed by atoms with E-state index in [1.807, 2.05) is 30.3 Å². The molecule has 4 heteroatoms. The minimum Gasteiger partial charge on any atom is -0.447 e. The lowest BCUT2D eigenvalue weighted by Crippen LogP contribution is -2.39. The Hall–Kier alpha value is -2.10. The van der Waals surface area contributed by atoms with E-state index in [1.54, 1.807) is 0 Å². The minimum atomic E-state index is -0.553. The molecule has 2 rings (SSSR count). The van der Waals surface area contributed by atoms with Crippen molar-refractivity contribution in [1.29, 1.82) is 0 Å². The second kappa shape index (κ2) is 5.49. The molecule has 0 unspecified atom stereocenters. The van der Waals surface area contributed by atoms with Gasteiger partial charge in [0.15, 0.2) is 0 Å². The molecule has 0 aromatic heterocycles. The van der Waals surface area contributed by atoms with Crippen molar-refractivity contribution in [2.75, 3.05) is 6.61 Å². The molecule has 1 aliphatic heterocycles. The SMILES string of the molecule is C=CCC(=O)N1C(=O)OC[C@@H]1Cc1ccccc1. The smallest absolute Gasteiger partial charge is 0.416 e. The highest BCUT2D eigenvalue weighted by Gasteiger charge is 2.36. The standard InChI is InChI=1S/C14H15NO3/c1-2-6-13(16)15-12(10-18-14(15)17)9-11-7-4-3-5-8-11/h2-5,7-8,12H,1,6,9-10H2/t12-/m0/s1. The summed E-state index contributed by atoms with van der Waals surface area (Å²) in [5.41, 5.74) is 1.08. The van der Waals surface area contributed by atoms with Crippen molar-refractivity contribution in [3.05, 3.63) is 48.6 Å². The average Bonchev–Trinajstić information content (AvgIpc) is 2.72. The van der Waals surface area contributed by atoms with Gasteiger partial charge in [0.2, 0.25) is 5.91 Å². The lowest BCUT2D eigenvalue weighted by Gasteiger charge is -2.18. The van der Waals surface area contributed by atoms with Crippen LogP contribution < -0.4 is 0 Å². The molecule has 1 aromatic rings. The summed E-state index contributed by atoms with van der Waals surface area (Å²) in [7, 11) is 0.